The van der Waals surface area contributed by atoms with Crippen LogP contribution in [0.3, 0.4) is 0 Å². The zero-order valence-corrected chi connectivity index (χ0v) is 25.2. The molecule has 1 unspecified atom stereocenters. The number of amides is 1. The zero-order chi connectivity index (χ0) is 30.0. The highest BCUT2D eigenvalue weighted by molar-refractivity contribution is 6.07. The Morgan fingerprint density at radius 1 is 1.17 bits per heavy atom. The molecule has 10 nitrogen and oxygen atoms in total. The lowest BCUT2D eigenvalue weighted by atomic mass is 9.98. The van der Waals surface area contributed by atoms with Crippen molar-refractivity contribution in [1.82, 2.24) is 19.7 Å². The lowest BCUT2D eigenvalue weighted by Crippen LogP contribution is -2.41. The molecule has 0 saturated heterocycles. The first kappa shape index (κ1) is 29.6. The van der Waals surface area contributed by atoms with Crippen molar-refractivity contribution in [2.45, 2.75) is 58.7 Å². The Morgan fingerprint density at radius 2 is 1.95 bits per heavy atom. The molecule has 0 saturated carbocycles. The summed E-state index contributed by atoms with van der Waals surface area (Å²) in [6, 6.07) is 9.27. The van der Waals surface area contributed by atoms with Crippen LogP contribution in [-0.2, 0) is 37.8 Å². The number of nitrogens with one attached hydrogen (secondary N) is 2. The summed E-state index contributed by atoms with van der Waals surface area (Å²) in [4.78, 5) is 28.7. The van der Waals surface area contributed by atoms with E-state index in [-0.39, 0.29) is 30.0 Å². The molecular formula is C32H42N6O4. The Balaban J connectivity index is 1.51. The summed E-state index contributed by atoms with van der Waals surface area (Å²) in [7, 11) is 5.10. The lowest BCUT2D eigenvalue weighted by Gasteiger charge is -2.31. The number of aliphatic hydroxyl groups excluding tert-OH is 1. The van der Waals surface area contributed by atoms with Crippen molar-refractivity contribution in [3.8, 4) is 11.3 Å². The third-order valence-corrected chi connectivity index (χ3v) is 8.40. The van der Waals surface area contributed by atoms with E-state index in [0.717, 1.165) is 43.6 Å². The lowest BCUT2D eigenvalue weighted by molar-refractivity contribution is 0.0964. The third kappa shape index (κ3) is 5.61. The van der Waals surface area contributed by atoms with Crippen molar-refractivity contribution >= 4 is 17.3 Å². The molecule has 0 radical (unpaired) electrons. The Labute approximate surface area is 247 Å². The molecule has 1 aromatic carbocycles. The van der Waals surface area contributed by atoms with Crippen LogP contribution in [0.25, 0.3) is 11.3 Å². The predicted octanol–water partition coefficient (Wildman–Crippen LogP) is 3.47. The molecule has 1 aliphatic carbocycles. The highest BCUT2D eigenvalue weighted by atomic mass is 16.5. The minimum Gasteiger partial charge on any atom is -0.392 e. The van der Waals surface area contributed by atoms with E-state index in [2.05, 4.69) is 40.2 Å². The van der Waals surface area contributed by atoms with Crippen LogP contribution in [0.2, 0.25) is 0 Å². The van der Waals surface area contributed by atoms with Gasteiger partial charge in [0.25, 0.3) is 11.5 Å². The number of aromatic nitrogens is 3. The number of carbonyl (C=O) groups is 1. The normalized spacial score (nSPS) is 15.9. The summed E-state index contributed by atoms with van der Waals surface area (Å²) in [6.07, 6.45) is 6.39. The molecule has 10 heteroatoms. The van der Waals surface area contributed by atoms with Crippen molar-refractivity contribution in [2.75, 3.05) is 37.5 Å². The molecule has 0 fully saturated rings. The van der Waals surface area contributed by atoms with E-state index in [1.807, 2.05) is 31.3 Å². The minimum atomic E-state index is -0.278. The summed E-state index contributed by atoms with van der Waals surface area (Å²) in [6.45, 7) is 5.55. The van der Waals surface area contributed by atoms with Crippen LogP contribution in [0.1, 0.15) is 54.0 Å². The first-order valence-corrected chi connectivity index (χ1v) is 14.8. The number of fused-ring (bicyclic) bond motifs is 3. The number of benzene rings is 1. The maximum atomic E-state index is 13.8. The van der Waals surface area contributed by atoms with Crippen LogP contribution < -0.4 is 21.1 Å². The van der Waals surface area contributed by atoms with Crippen LogP contribution in [-0.4, -0.2) is 58.7 Å². The van der Waals surface area contributed by atoms with Crippen LogP contribution in [0.4, 0.5) is 11.4 Å². The van der Waals surface area contributed by atoms with Crippen LogP contribution >= 0.6 is 0 Å². The van der Waals surface area contributed by atoms with Gasteiger partial charge in [-0.25, -0.2) is 4.68 Å². The molecule has 3 heterocycles. The molecule has 0 spiro atoms. The van der Waals surface area contributed by atoms with Gasteiger partial charge in [-0.3, -0.25) is 9.59 Å². The molecular weight excluding hydrogens is 532 g/mol. The van der Waals surface area contributed by atoms with Crippen molar-refractivity contribution in [3.63, 3.8) is 0 Å². The van der Waals surface area contributed by atoms with E-state index < -0.39 is 0 Å². The molecule has 224 valence electrons. The Morgan fingerprint density at radius 3 is 2.67 bits per heavy atom. The second-order valence-electron chi connectivity index (χ2n) is 11.4. The van der Waals surface area contributed by atoms with Gasteiger partial charge in [0.2, 0.25) is 0 Å². The van der Waals surface area contributed by atoms with Gasteiger partial charge in [-0.1, -0.05) is 26.0 Å². The second kappa shape index (κ2) is 12.5. The minimum absolute atomic E-state index is 0.0544. The molecule has 2 aliphatic rings. The number of hydrogen-bond donors (Lipinski definition) is 3. The van der Waals surface area contributed by atoms with Gasteiger partial charge in [-0.05, 0) is 61.4 Å². The second-order valence-corrected chi connectivity index (χ2v) is 11.4. The number of rotatable bonds is 10. The highest BCUT2D eigenvalue weighted by Crippen LogP contribution is 2.35. The number of ether oxygens (including phenoxy) is 1. The quantitative estimate of drug-likeness (QED) is 0.340. The van der Waals surface area contributed by atoms with Crippen molar-refractivity contribution < 1.29 is 14.6 Å². The Hall–Kier alpha value is -3.89. The van der Waals surface area contributed by atoms with E-state index >= 15 is 0 Å². The van der Waals surface area contributed by atoms with Crippen molar-refractivity contribution in [1.29, 1.82) is 0 Å². The molecule has 1 aliphatic heterocycles. The average molecular weight is 575 g/mol. The third-order valence-electron chi connectivity index (χ3n) is 8.40. The Kier molecular flexibility index (Phi) is 8.84. The van der Waals surface area contributed by atoms with Gasteiger partial charge in [-0.2, -0.15) is 5.10 Å². The molecule has 5 rings (SSSR count). The van der Waals surface area contributed by atoms with Gasteiger partial charge in [-0.15, -0.1) is 0 Å². The van der Waals surface area contributed by atoms with Gasteiger partial charge in [0, 0.05) is 62.9 Å². The largest absolute Gasteiger partial charge is 0.392 e. The standard InChI is InChI=1S/C32H42N6O4/c1-20(2)25(16-22(33-3)19-42-5)34-27-17-26(35-36(4)31(27)40)23-10-8-12-29(24(23)18-39)38-14-13-37-28-11-7-6-9-21(28)15-30(37)32(38)41/h8,10,12,15-17,20,25,33-34,39H,6-7,9,11,13-14,18-19H2,1-5H3/b22-16-. The van der Waals surface area contributed by atoms with Crippen molar-refractivity contribution in [3.05, 3.63) is 75.0 Å². The van der Waals surface area contributed by atoms with E-state index in [0.29, 0.717) is 41.3 Å². The molecule has 42 heavy (non-hydrogen) atoms. The number of carbonyl (C=O) groups excluding carboxylic acids is 1. The average Bonchev–Trinajstić information content (AvgIpc) is 3.38. The number of anilines is 2. The van der Waals surface area contributed by atoms with Gasteiger partial charge < -0.3 is 29.9 Å². The van der Waals surface area contributed by atoms with Gasteiger partial charge >= 0.3 is 0 Å². The summed E-state index contributed by atoms with van der Waals surface area (Å²) in [5.41, 5.74) is 6.83. The van der Waals surface area contributed by atoms with Gasteiger partial charge in [0.15, 0.2) is 0 Å². The van der Waals surface area contributed by atoms with E-state index in [9.17, 15) is 14.7 Å². The maximum absolute atomic E-state index is 13.8. The number of methoxy groups -OCH3 is 1. The number of hydrogen-bond acceptors (Lipinski definition) is 7. The molecule has 2 aromatic heterocycles. The molecule has 1 amide bonds. The first-order valence-electron chi connectivity index (χ1n) is 14.8. The Bertz CT molecular complexity index is 1550. The molecule has 0 bridgehead atoms. The van der Waals surface area contributed by atoms with E-state index in [4.69, 9.17) is 4.74 Å². The number of likely N-dealkylation sites (N-methyl/N-ethyl adjacent to an activating group) is 1. The van der Waals surface area contributed by atoms with E-state index in [1.54, 1.807) is 25.1 Å². The molecule has 3 aromatic rings. The maximum Gasteiger partial charge on any atom is 0.289 e. The summed E-state index contributed by atoms with van der Waals surface area (Å²) >= 11 is 0. The smallest absolute Gasteiger partial charge is 0.289 e. The topological polar surface area (TPSA) is 114 Å². The summed E-state index contributed by atoms with van der Waals surface area (Å²) in [5.74, 6) is 0.124. The van der Waals surface area contributed by atoms with Crippen LogP contribution in [0.5, 0.6) is 0 Å². The van der Waals surface area contributed by atoms with Crippen LogP contribution in [0, 0.1) is 5.92 Å². The zero-order valence-electron chi connectivity index (χ0n) is 25.2. The SMILES string of the molecule is CN/C(=C\C(Nc1cc(-c2cccc(N3CCn4c(cc5c4CCCC5)C3=O)c2CO)nn(C)c1=O)C(C)C)COC. The molecule has 1 atom stereocenters. The van der Waals surface area contributed by atoms with Gasteiger partial charge in [0.05, 0.1) is 24.6 Å². The monoisotopic (exact) mass is 574 g/mol. The number of aliphatic hydroxyl groups is 1. The fraction of sp³-hybridized carbons (Fsp3) is 0.469. The van der Waals surface area contributed by atoms with E-state index in [1.165, 1.54) is 15.9 Å². The summed E-state index contributed by atoms with van der Waals surface area (Å²) < 4.78 is 8.79. The predicted molar refractivity (Wildman–Crippen MR) is 165 cm³/mol. The molecule has 3 N–H and O–H groups in total. The number of aryl methyl sites for hydroxylation is 2. The van der Waals surface area contributed by atoms with Gasteiger partial charge in [0.1, 0.15) is 11.4 Å². The highest BCUT2D eigenvalue weighted by Gasteiger charge is 2.31. The first-order chi connectivity index (χ1) is 20.3. The summed E-state index contributed by atoms with van der Waals surface area (Å²) in [5, 5.41) is 21.7. The van der Waals surface area contributed by atoms with Crippen LogP contribution in [0.15, 0.2) is 46.9 Å². The van der Waals surface area contributed by atoms with Crippen molar-refractivity contribution in [2.24, 2.45) is 13.0 Å². The fourth-order valence-corrected chi connectivity index (χ4v) is 6.10. The number of nitrogens with zero attached hydrogens (tertiary/aromatic N) is 4. The fourth-order valence-electron chi connectivity index (χ4n) is 6.10.